The van der Waals surface area contributed by atoms with E-state index in [0.29, 0.717) is 18.4 Å². The molecule has 0 amide bonds. The largest absolute Gasteiger partial charge is 0.455 e. The second-order valence-corrected chi connectivity index (χ2v) is 5.26. The van der Waals surface area contributed by atoms with E-state index in [0.717, 1.165) is 0 Å². The molecule has 0 radical (unpaired) electrons. The van der Waals surface area contributed by atoms with E-state index in [1.54, 1.807) is 19.9 Å². The van der Waals surface area contributed by atoms with Crippen LogP contribution in [-0.2, 0) is 9.53 Å². The zero-order valence-electron chi connectivity index (χ0n) is 11.0. The molecule has 0 saturated carbocycles. The summed E-state index contributed by atoms with van der Waals surface area (Å²) in [6.07, 6.45) is 1.08. The number of hydrogen-bond donors (Lipinski definition) is 2. The normalized spacial score (nSPS) is 40.9. The van der Waals surface area contributed by atoms with Crippen LogP contribution in [0.3, 0.4) is 0 Å². The van der Waals surface area contributed by atoms with Crippen LogP contribution in [0.5, 0.6) is 0 Å². The van der Waals surface area contributed by atoms with Crippen molar-refractivity contribution in [1.29, 1.82) is 0 Å². The summed E-state index contributed by atoms with van der Waals surface area (Å²) >= 11 is 0. The Kier molecular flexibility index (Phi) is 3.75. The van der Waals surface area contributed by atoms with E-state index in [2.05, 4.69) is 0 Å². The maximum absolute atomic E-state index is 11.8. The number of aliphatic hydroxyl groups excluding tert-OH is 2. The minimum atomic E-state index is -0.717. The standard InChI is InChI=1S/C13H21NO4/c1-4-7(2)13(17)18-12-10-6-8(15)5-9(11(12)16)14(10)3/h4,8-12,15-16H,5-6H2,1-3H3/t8-,9-,10+,11-,12+/m1/s1. The first-order valence-corrected chi connectivity index (χ1v) is 6.37. The average molecular weight is 255 g/mol. The number of likely N-dealkylation sites (N-methyl/N-ethyl adjacent to an activating group) is 1. The molecule has 5 atom stereocenters. The SMILES string of the molecule is CC=C(C)C(=O)O[C@@H]1[C@H](O)[C@H]2C[C@@H](O)C[C@@H]1N2C. The number of carbonyl (C=O) groups is 1. The Balaban J connectivity index is 2.12. The monoisotopic (exact) mass is 255 g/mol. The van der Waals surface area contributed by atoms with Gasteiger partial charge in [0.2, 0.25) is 0 Å². The van der Waals surface area contributed by atoms with Crippen LogP contribution in [0.2, 0.25) is 0 Å². The van der Waals surface area contributed by atoms with Gasteiger partial charge in [-0.25, -0.2) is 4.79 Å². The molecule has 2 saturated heterocycles. The fraction of sp³-hybridized carbons (Fsp3) is 0.769. The van der Waals surface area contributed by atoms with Crippen LogP contribution >= 0.6 is 0 Å². The van der Waals surface area contributed by atoms with Crippen molar-refractivity contribution in [2.75, 3.05) is 7.05 Å². The number of hydrogen-bond acceptors (Lipinski definition) is 5. The Labute approximate surface area is 107 Å². The molecule has 2 heterocycles. The molecule has 2 bridgehead atoms. The summed E-state index contributed by atoms with van der Waals surface area (Å²) in [4.78, 5) is 13.8. The summed E-state index contributed by atoms with van der Waals surface area (Å²) in [5, 5.41) is 19.9. The highest BCUT2D eigenvalue weighted by molar-refractivity contribution is 5.87. The molecular weight excluding hydrogens is 234 g/mol. The predicted molar refractivity (Wildman–Crippen MR) is 65.9 cm³/mol. The summed E-state index contributed by atoms with van der Waals surface area (Å²) in [5.41, 5.74) is 0.534. The lowest BCUT2D eigenvalue weighted by Crippen LogP contribution is -2.45. The van der Waals surface area contributed by atoms with Gasteiger partial charge in [0.05, 0.1) is 12.1 Å². The van der Waals surface area contributed by atoms with Crippen LogP contribution in [-0.4, -0.2) is 58.5 Å². The highest BCUT2D eigenvalue weighted by Gasteiger charge is 2.52. The number of allylic oxidation sites excluding steroid dienone is 1. The molecule has 2 N–H and O–H groups in total. The molecule has 0 spiro atoms. The molecule has 2 fully saturated rings. The molecule has 0 unspecified atom stereocenters. The number of carbonyl (C=O) groups excluding carboxylic acids is 1. The fourth-order valence-corrected chi connectivity index (χ4v) is 2.91. The van der Waals surface area contributed by atoms with E-state index in [-0.39, 0.29) is 12.1 Å². The van der Waals surface area contributed by atoms with E-state index in [1.165, 1.54) is 0 Å². The van der Waals surface area contributed by atoms with Gasteiger partial charge in [0.25, 0.3) is 0 Å². The smallest absolute Gasteiger partial charge is 0.333 e. The van der Waals surface area contributed by atoms with Crippen molar-refractivity contribution >= 4 is 5.97 Å². The average Bonchev–Trinajstić information content (AvgIpc) is 2.49. The van der Waals surface area contributed by atoms with Gasteiger partial charge in [-0.3, -0.25) is 4.90 Å². The fourth-order valence-electron chi connectivity index (χ4n) is 2.91. The quantitative estimate of drug-likeness (QED) is 0.539. The molecule has 2 aliphatic heterocycles. The second kappa shape index (κ2) is 4.99. The van der Waals surface area contributed by atoms with Gasteiger partial charge in [-0.1, -0.05) is 6.08 Å². The first-order chi connectivity index (χ1) is 8.45. The molecule has 2 rings (SSSR count). The molecule has 0 aromatic rings. The second-order valence-electron chi connectivity index (χ2n) is 5.26. The molecular formula is C13H21NO4. The van der Waals surface area contributed by atoms with E-state index in [9.17, 15) is 15.0 Å². The van der Waals surface area contributed by atoms with Crippen LogP contribution in [0.1, 0.15) is 26.7 Å². The van der Waals surface area contributed by atoms with Gasteiger partial charge in [-0.05, 0) is 33.7 Å². The molecule has 2 aliphatic rings. The van der Waals surface area contributed by atoms with Crippen LogP contribution < -0.4 is 0 Å². The van der Waals surface area contributed by atoms with Crippen LogP contribution in [0.4, 0.5) is 0 Å². The van der Waals surface area contributed by atoms with E-state index >= 15 is 0 Å². The number of esters is 1. The number of ether oxygens (including phenoxy) is 1. The number of piperidine rings is 1. The van der Waals surface area contributed by atoms with Gasteiger partial charge < -0.3 is 14.9 Å². The van der Waals surface area contributed by atoms with E-state index < -0.39 is 24.3 Å². The van der Waals surface area contributed by atoms with Crippen molar-refractivity contribution in [3.05, 3.63) is 11.6 Å². The molecule has 0 aromatic carbocycles. The lowest BCUT2D eigenvalue weighted by Gasteiger charge is -2.34. The summed E-state index contributed by atoms with van der Waals surface area (Å²) in [6, 6.07) is -0.218. The van der Waals surface area contributed by atoms with Crippen LogP contribution in [0.15, 0.2) is 11.6 Å². The Bertz CT molecular complexity index is 368. The van der Waals surface area contributed by atoms with Gasteiger partial charge >= 0.3 is 5.97 Å². The van der Waals surface area contributed by atoms with Gasteiger partial charge in [0, 0.05) is 11.6 Å². The Morgan fingerprint density at radius 3 is 2.56 bits per heavy atom. The number of nitrogens with zero attached hydrogens (tertiary/aromatic N) is 1. The third kappa shape index (κ3) is 2.18. The summed E-state index contributed by atoms with van der Waals surface area (Å²) in [5.74, 6) is -0.392. The highest BCUT2D eigenvalue weighted by atomic mass is 16.6. The van der Waals surface area contributed by atoms with Crippen molar-refractivity contribution in [2.24, 2.45) is 0 Å². The summed E-state index contributed by atoms with van der Waals surface area (Å²) < 4.78 is 5.40. The van der Waals surface area contributed by atoms with Gasteiger partial charge in [0.1, 0.15) is 12.2 Å². The van der Waals surface area contributed by atoms with Crippen molar-refractivity contribution in [1.82, 2.24) is 4.90 Å². The minimum Gasteiger partial charge on any atom is -0.455 e. The molecule has 5 heteroatoms. The van der Waals surface area contributed by atoms with Crippen molar-refractivity contribution < 1.29 is 19.7 Å². The number of fused-ring (bicyclic) bond motifs is 2. The molecule has 18 heavy (non-hydrogen) atoms. The van der Waals surface area contributed by atoms with Crippen molar-refractivity contribution in [3.8, 4) is 0 Å². The first-order valence-electron chi connectivity index (χ1n) is 6.37. The maximum Gasteiger partial charge on any atom is 0.333 e. The topological polar surface area (TPSA) is 70.0 Å². The Morgan fingerprint density at radius 1 is 1.33 bits per heavy atom. The molecule has 0 aliphatic carbocycles. The third-order valence-corrected chi connectivity index (χ3v) is 4.18. The number of aliphatic hydroxyl groups is 2. The van der Waals surface area contributed by atoms with Gasteiger partial charge in [-0.2, -0.15) is 0 Å². The first kappa shape index (κ1) is 13.5. The van der Waals surface area contributed by atoms with Gasteiger partial charge in [-0.15, -0.1) is 0 Å². The third-order valence-electron chi connectivity index (χ3n) is 4.18. The van der Waals surface area contributed by atoms with Crippen molar-refractivity contribution in [2.45, 2.75) is 57.1 Å². The van der Waals surface area contributed by atoms with E-state index in [1.807, 2.05) is 11.9 Å². The zero-order chi connectivity index (χ0) is 13.4. The zero-order valence-corrected chi connectivity index (χ0v) is 11.0. The molecule has 0 aromatic heterocycles. The summed E-state index contributed by atoms with van der Waals surface area (Å²) in [7, 11) is 1.90. The minimum absolute atomic E-state index is 0.0950. The van der Waals surface area contributed by atoms with E-state index in [4.69, 9.17) is 4.74 Å². The predicted octanol–water partition coefficient (Wildman–Crippen LogP) is 0.0626. The Morgan fingerprint density at radius 2 is 1.94 bits per heavy atom. The van der Waals surface area contributed by atoms with Gasteiger partial charge in [0.15, 0.2) is 0 Å². The lowest BCUT2D eigenvalue weighted by molar-refractivity contribution is -0.149. The number of rotatable bonds is 2. The maximum atomic E-state index is 11.8. The van der Waals surface area contributed by atoms with Crippen molar-refractivity contribution in [3.63, 3.8) is 0 Å². The van der Waals surface area contributed by atoms with Crippen LogP contribution in [0, 0.1) is 0 Å². The lowest BCUT2D eigenvalue weighted by atomic mass is 10.0. The van der Waals surface area contributed by atoms with Crippen LogP contribution in [0.25, 0.3) is 0 Å². The summed E-state index contributed by atoms with van der Waals surface area (Å²) in [6.45, 7) is 3.46. The molecule has 102 valence electrons. The Hall–Kier alpha value is -0.910. The highest BCUT2D eigenvalue weighted by Crippen LogP contribution is 2.36. The molecule has 5 nitrogen and oxygen atoms in total.